The zero-order chi connectivity index (χ0) is 13.2. The van der Waals surface area contributed by atoms with Gasteiger partial charge in [0.1, 0.15) is 0 Å². The number of rotatable bonds is 4. The Hall–Kier alpha value is -1.95. The van der Waals surface area contributed by atoms with Crippen molar-refractivity contribution in [3.05, 3.63) is 52.8 Å². The van der Waals surface area contributed by atoms with Crippen LogP contribution in [0.2, 0.25) is 0 Å². The van der Waals surface area contributed by atoms with Crippen LogP contribution in [0.5, 0.6) is 0 Å². The first-order valence-electron chi connectivity index (χ1n) is 5.87. The Bertz CT molecular complexity index is 717. The molecule has 0 aliphatic heterocycles. The van der Waals surface area contributed by atoms with Crippen LogP contribution in [0.25, 0.3) is 5.52 Å². The molecule has 0 saturated heterocycles. The third-order valence-electron chi connectivity index (χ3n) is 2.99. The molecule has 3 aromatic rings. The van der Waals surface area contributed by atoms with E-state index < -0.39 is 0 Å². The summed E-state index contributed by atoms with van der Waals surface area (Å²) < 4.78 is 2.95. The van der Waals surface area contributed by atoms with E-state index in [-0.39, 0.29) is 5.78 Å². The molecule has 0 atom stereocenters. The van der Waals surface area contributed by atoms with E-state index in [0.717, 1.165) is 15.7 Å². The smallest absolute Gasteiger partial charge is 0.166 e. The molecule has 1 N–H and O–H groups in total. The van der Waals surface area contributed by atoms with Crippen molar-refractivity contribution >= 4 is 27.2 Å². The summed E-state index contributed by atoms with van der Waals surface area (Å²) >= 11 is 3.44. The minimum atomic E-state index is 0.0740. The molecular weight excluding hydrogens is 308 g/mol. The maximum Gasteiger partial charge on any atom is 0.166 e. The van der Waals surface area contributed by atoms with Crippen LogP contribution in [-0.4, -0.2) is 25.4 Å². The van der Waals surface area contributed by atoms with Gasteiger partial charge >= 0.3 is 0 Å². The minimum Gasteiger partial charge on any atom is -0.306 e. The third kappa shape index (κ3) is 2.44. The number of carbonyl (C=O) groups is 1. The van der Waals surface area contributed by atoms with Crippen LogP contribution in [0.1, 0.15) is 22.5 Å². The van der Waals surface area contributed by atoms with Crippen molar-refractivity contribution < 1.29 is 4.79 Å². The zero-order valence-electron chi connectivity index (χ0n) is 10.0. The summed E-state index contributed by atoms with van der Waals surface area (Å²) in [6.45, 7) is 0. The molecular formula is C13H11BrN4O. The van der Waals surface area contributed by atoms with Gasteiger partial charge in [0.15, 0.2) is 5.78 Å². The van der Waals surface area contributed by atoms with E-state index in [1.165, 1.54) is 0 Å². The Morgan fingerprint density at radius 1 is 1.47 bits per heavy atom. The number of hydrogen-bond donors (Lipinski definition) is 1. The molecule has 0 bridgehead atoms. The number of carbonyl (C=O) groups excluding carboxylic acids is 1. The van der Waals surface area contributed by atoms with E-state index in [9.17, 15) is 4.79 Å². The lowest BCUT2D eigenvalue weighted by molar-refractivity contribution is 0.0982. The first kappa shape index (κ1) is 12.1. The molecule has 3 aromatic heterocycles. The molecule has 0 unspecified atom stereocenters. The van der Waals surface area contributed by atoms with Crippen LogP contribution < -0.4 is 0 Å². The van der Waals surface area contributed by atoms with Crippen molar-refractivity contribution in [2.75, 3.05) is 0 Å². The highest BCUT2D eigenvalue weighted by atomic mass is 79.9. The molecule has 3 rings (SSSR count). The topological polar surface area (TPSA) is 63.1 Å². The number of fused-ring (bicyclic) bond motifs is 1. The van der Waals surface area contributed by atoms with Gasteiger partial charge in [-0.2, -0.15) is 5.10 Å². The van der Waals surface area contributed by atoms with Crippen molar-refractivity contribution in [2.45, 2.75) is 12.8 Å². The van der Waals surface area contributed by atoms with Gasteiger partial charge in [-0.05, 0) is 18.6 Å². The Kier molecular flexibility index (Phi) is 3.16. The minimum absolute atomic E-state index is 0.0740. The van der Waals surface area contributed by atoms with Gasteiger partial charge in [0, 0.05) is 23.3 Å². The van der Waals surface area contributed by atoms with Crippen molar-refractivity contribution in [1.82, 2.24) is 19.6 Å². The van der Waals surface area contributed by atoms with Crippen LogP contribution in [0.4, 0.5) is 0 Å². The predicted octanol–water partition coefficient (Wildman–Crippen LogP) is 2.64. The van der Waals surface area contributed by atoms with Crippen LogP contribution in [0, 0.1) is 0 Å². The molecule has 3 heterocycles. The van der Waals surface area contributed by atoms with E-state index in [4.69, 9.17) is 0 Å². The van der Waals surface area contributed by atoms with Crippen molar-refractivity contribution in [2.24, 2.45) is 0 Å². The summed E-state index contributed by atoms with van der Waals surface area (Å²) in [6.07, 6.45) is 7.91. The third-order valence-corrected chi connectivity index (χ3v) is 3.48. The SMILES string of the molecule is O=C(CCc1ncn2ccc(Br)cc12)c1cn[nH]c1. The summed E-state index contributed by atoms with van der Waals surface area (Å²) in [5.41, 5.74) is 2.57. The number of aromatic amines is 1. The molecule has 5 nitrogen and oxygen atoms in total. The van der Waals surface area contributed by atoms with Gasteiger partial charge in [-0.25, -0.2) is 4.98 Å². The number of aryl methyl sites for hydroxylation is 1. The van der Waals surface area contributed by atoms with E-state index in [1.807, 2.05) is 22.7 Å². The molecule has 0 saturated carbocycles. The molecule has 0 aliphatic rings. The Morgan fingerprint density at radius 3 is 3.16 bits per heavy atom. The van der Waals surface area contributed by atoms with E-state index in [1.54, 1.807) is 18.7 Å². The first-order chi connectivity index (χ1) is 9.24. The van der Waals surface area contributed by atoms with Crippen LogP contribution >= 0.6 is 15.9 Å². The number of nitrogens with zero attached hydrogens (tertiary/aromatic N) is 3. The summed E-state index contributed by atoms with van der Waals surface area (Å²) in [7, 11) is 0. The molecule has 0 spiro atoms. The number of imidazole rings is 1. The number of ketones is 1. The largest absolute Gasteiger partial charge is 0.306 e. The van der Waals surface area contributed by atoms with Crippen molar-refractivity contribution in [3.8, 4) is 0 Å². The van der Waals surface area contributed by atoms with Crippen LogP contribution in [-0.2, 0) is 6.42 Å². The monoisotopic (exact) mass is 318 g/mol. The standard InChI is InChI=1S/C13H11BrN4O/c14-10-3-4-18-8-15-11(12(18)5-10)1-2-13(19)9-6-16-17-7-9/h3-8H,1-2H2,(H,16,17). The average molecular weight is 319 g/mol. The molecule has 0 radical (unpaired) electrons. The maximum absolute atomic E-state index is 11.9. The van der Waals surface area contributed by atoms with Gasteiger partial charge in [0.2, 0.25) is 0 Å². The van der Waals surface area contributed by atoms with Gasteiger partial charge in [0.05, 0.1) is 29.3 Å². The second-order valence-corrected chi connectivity index (χ2v) is 5.15. The average Bonchev–Trinajstić information content (AvgIpc) is 3.05. The van der Waals surface area contributed by atoms with Gasteiger partial charge in [-0.3, -0.25) is 9.89 Å². The van der Waals surface area contributed by atoms with Crippen molar-refractivity contribution in [3.63, 3.8) is 0 Å². The molecule has 0 aromatic carbocycles. The van der Waals surface area contributed by atoms with E-state index in [2.05, 4.69) is 31.1 Å². The highest BCUT2D eigenvalue weighted by molar-refractivity contribution is 9.10. The second kappa shape index (κ2) is 4.97. The number of nitrogens with one attached hydrogen (secondary N) is 1. The number of aromatic nitrogens is 4. The van der Waals surface area contributed by atoms with E-state index in [0.29, 0.717) is 18.4 Å². The Morgan fingerprint density at radius 2 is 2.37 bits per heavy atom. The van der Waals surface area contributed by atoms with Crippen LogP contribution in [0.3, 0.4) is 0 Å². The fourth-order valence-electron chi connectivity index (χ4n) is 1.99. The van der Waals surface area contributed by atoms with Gasteiger partial charge in [-0.1, -0.05) is 15.9 Å². The highest BCUT2D eigenvalue weighted by Gasteiger charge is 2.10. The van der Waals surface area contributed by atoms with Gasteiger partial charge in [0.25, 0.3) is 0 Å². The van der Waals surface area contributed by atoms with Crippen molar-refractivity contribution in [1.29, 1.82) is 0 Å². The summed E-state index contributed by atoms with van der Waals surface area (Å²) in [5, 5.41) is 6.42. The quantitative estimate of drug-likeness (QED) is 0.752. The van der Waals surface area contributed by atoms with Gasteiger partial charge in [-0.15, -0.1) is 0 Å². The van der Waals surface area contributed by atoms with E-state index >= 15 is 0 Å². The fourth-order valence-corrected chi connectivity index (χ4v) is 2.32. The molecule has 0 fully saturated rings. The maximum atomic E-state index is 11.9. The number of H-pyrrole nitrogens is 1. The molecule has 0 aliphatic carbocycles. The molecule has 6 heteroatoms. The van der Waals surface area contributed by atoms with Gasteiger partial charge < -0.3 is 4.40 Å². The number of halogens is 1. The molecule has 19 heavy (non-hydrogen) atoms. The predicted molar refractivity (Wildman–Crippen MR) is 74.1 cm³/mol. The Labute approximate surface area is 117 Å². The lowest BCUT2D eigenvalue weighted by Crippen LogP contribution is -2.00. The summed E-state index contributed by atoms with van der Waals surface area (Å²) in [6, 6.07) is 3.96. The fraction of sp³-hybridized carbons (Fsp3) is 0.154. The zero-order valence-corrected chi connectivity index (χ0v) is 11.6. The normalized spacial score (nSPS) is 11.0. The summed E-state index contributed by atoms with van der Waals surface area (Å²) in [5.74, 6) is 0.0740. The van der Waals surface area contributed by atoms with Crippen LogP contribution in [0.15, 0.2) is 41.5 Å². The number of Topliss-reactive ketones (excluding diaryl/α,β-unsaturated/α-hetero) is 1. The molecule has 0 amide bonds. The lowest BCUT2D eigenvalue weighted by Gasteiger charge is -1.99. The first-order valence-corrected chi connectivity index (χ1v) is 6.66. The number of hydrogen-bond acceptors (Lipinski definition) is 3. The summed E-state index contributed by atoms with van der Waals surface area (Å²) in [4.78, 5) is 16.3. The highest BCUT2D eigenvalue weighted by Crippen LogP contribution is 2.17. The lowest BCUT2D eigenvalue weighted by atomic mass is 10.1. The second-order valence-electron chi connectivity index (χ2n) is 4.24. The Balaban J connectivity index is 1.79. The molecule has 96 valence electrons. The number of pyridine rings is 1.